The molecule has 4 amide bonds. The number of nitrogens with zero attached hydrogens (tertiary/aromatic N) is 1. The van der Waals surface area contributed by atoms with Crippen LogP contribution < -0.4 is 10.6 Å². The zero-order valence-electron chi connectivity index (χ0n) is 19.8. The van der Waals surface area contributed by atoms with Crippen LogP contribution in [0.25, 0.3) is 0 Å². The lowest BCUT2D eigenvalue weighted by Gasteiger charge is -2.25. The molecule has 3 rings (SSSR count). The molecular weight excluding hydrogens is 454 g/mol. The van der Waals surface area contributed by atoms with Gasteiger partial charge in [-0.15, -0.1) is 0 Å². The molecule has 0 aromatic heterocycles. The molecule has 10 nitrogen and oxygen atoms in total. The Kier molecular flexibility index (Phi) is 7.85. The van der Waals surface area contributed by atoms with Crippen molar-refractivity contribution in [3.63, 3.8) is 0 Å². The van der Waals surface area contributed by atoms with Gasteiger partial charge in [-0.2, -0.15) is 0 Å². The summed E-state index contributed by atoms with van der Waals surface area (Å²) in [5, 5.41) is 5.26. The molecule has 0 saturated carbocycles. The second-order valence-electron chi connectivity index (χ2n) is 7.73. The topological polar surface area (TPSA) is 131 Å². The quantitative estimate of drug-likeness (QED) is 0.416. The highest BCUT2D eigenvalue weighted by atomic mass is 16.5. The summed E-state index contributed by atoms with van der Waals surface area (Å²) in [5.41, 5.74) is -0.460. The minimum Gasteiger partial charge on any atom is -0.462 e. The van der Waals surface area contributed by atoms with Gasteiger partial charge >= 0.3 is 18.0 Å². The number of urea groups is 1. The number of ether oxygens (including phenoxy) is 2. The fourth-order valence-electron chi connectivity index (χ4n) is 3.84. The summed E-state index contributed by atoms with van der Waals surface area (Å²) in [6.45, 7) is 4.73. The van der Waals surface area contributed by atoms with Gasteiger partial charge in [0.2, 0.25) is 5.91 Å². The normalized spacial score (nSPS) is 17.1. The number of amides is 4. The first-order valence-electron chi connectivity index (χ1n) is 11.2. The lowest BCUT2D eigenvalue weighted by atomic mass is 9.87. The molecule has 2 aromatic rings. The summed E-state index contributed by atoms with van der Waals surface area (Å²) >= 11 is 0. The van der Waals surface area contributed by atoms with Crippen molar-refractivity contribution in [3.05, 3.63) is 65.2 Å². The molecule has 1 aliphatic rings. The molecule has 1 saturated heterocycles. The molecule has 10 heteroatoms. The fourth-order valence-corrected chi connectivity index (χ4v) is 3.84. The number of anilines is 1. The van der Waals surface area contributed by atoms with Crippen LogP contribution in [0.4, 0.5) is 10.5 Å². The largest absolute Gasteiger partial charge is 0.462 e. The molecule has 0 bridgehead atoms. The maximum atomic E-state index is 13.2. The lowest BCUT2D eigenvalue weighted by molar-refractivity contribution is -0.134. The smallest absolute Gasteiger partial charge is 0.338 e. The van der Waals surface area contributed by atoms with E-state index in [1.165, 1.54) is 18.2 Å². The highest BCUT2D eigenvalue weighted by Gasteiger charge is 2.51. The molecule has 1 atom stereocenters. The van der Waals surface area contributed by atoms with E-state index < -0.39 is 41.9 Å². The second-order valence-corrected chi connectivity index (χ2v) is 7.73. The van der Waals surface area contributed by atoms with Gasteiger partial charge in [0, 0.05) is 5.69 Å². The third kappa shape index (κ3) is 5.32. The van der Waals surface area contributed by atoms with E-state index in [0.29, 0.717) is 12.0 Å². The molecule has 184 valence electrons. The minimum absolute atomic E-state index is 0.0387. The Labute approximate surface area is 202 Å². The summed E-state index contributed by atoms with van der Waals surface area (Å²) in [6, 6.07) is 12.1. The number of nitrogens with one attached hydrogen (secondary N) is 2. The van der Waals surface area contributed by atoms with Gasteiger partial charge in [-0.05, 0) is 44.0 Å². The Morgan fingerprint density at radius 1 is 0.914 bits per heavy atom. The molecule has 1 aliphatic heterocycles. The average Bonchev–Trinajstić information content (AvgIpc) is 3.09. The number of rotatable bonds is 9. The maximum absolute atomic E-state index is 13.2. The Hall–Kier alpha value is -4.21. The van der Waals surface area contributed by atoms with E-state index in [1.54, 1.807) is 51.1 Å². The van der Waals surface area contributed by atoms with Gasteiger partial charge in [0.15, 0.2) is 0 Å². The Bertz CT molecular complexity index is 1110. The zero-order chi connectivity index (χ0) is 25.6. The molecule has 0 radical (unpaired) electrons. The van der Waals surface area contributed by atoms with Crippen LogP contribution in [0.3, 0.4) is 0 Å². The van der Waals surface area contributed by atoms with Crippen molar-refractivity contribution in [1.29, 1.82) is 0 Å². The molecule has 1 unspecified atom stereocenters. The van der Waals surface area contributed by atoms with E-state index >= 15 is 0 Å². The average molecular weight is 482 g/mol. The fraction of sp³-hybridized carbons (Fsp3) is 0.320. The molecule has 35 heavy (non-hydrogen) atoms. The van der Waals surface area contributed by atoms with Crippen molar-refractivity contribution in [1.82, 2.24) is 10.2 Å². The number of benzene rings is 2. The molecule has 0 aliphatic carbocycles. The number of carbonyl (C=O) groups excluding carboxylic acids is 5. The Morgan fingerprint density at radius 2 is 1.49 bits per heavy atom. The molecule has 1 fully saturated rings. The first-order chi connectivity index (χ1) is 16.7. The summed E-state index contributed by atoms with van der Waals surface area (Å²) < 4.78 is 9.97. The molecule has 1 heterocycles. The number of esters is 2. The number of hydrogen-bond donors (Lipinski definition) is 2. The van der Waals surface area contributed by atoms with E-state index in [1.807, 2.05) is 0 Å². The van der Waals surface area contributed by atoms with Gasteiger partial charge in [0.25, 0.3) is 5.91 Å². The van der Waals surface area contributed by atoms with Gasteiger partial charge in [-0.1, -0.05) is 37.3 Å². The summed E-state index contributed by atoms with van der Waals surface area (Å²) in [5.74, 6) is -2.60. The monoisotopic (exact) mass is 481 g/mol. The van der Waals surface area contributed by atoms with E-state index in [2.05, 4.69) is 10.6 Å². The van der Waals surface area contributed by atoms with Gasteiger partial charge in [-0.3, -0.25) is 14.5 Å². The van der Waals surface area contributed by atoms with Gasteiger partial charge in [0.05, 0.1) is 24.3 Å². The van der Waals surface area contributed by atoms with Crippen LogP contribution in [-0.2, 0) is 24.6 Å². The van der Waals surface area contributed by atoms with Crippen molar-refractivity contribution in [2.24, 2.45) is 0 Å². The van der Waals surface area contributed by atoms with Crippen molar-refractivity contribution in [2.45, 2.75) is 32.7 Å². The predicted octanol–water partition coefficient (Wildman–Crippen LogP) is 2.84. The summed E-state index contributed by atoms with van der Waals surface area (Å²) in [4.78, 5) is 64.0. The van der Waals surface area contributed by atoms with Crippen LogP contribution in [0.2, 0.25) is 0 Å². The number of hydrogen-bond acceptors (Lipinski definition) is 7. The number of carbonyl (C=O) groups is 5. The zero-order valence-corrected chi connectivity index (χ0v) is 19.8. The van der Waals surface area contributed by atoms with Crippen LogP contribution in [-0.4, -0.2) is 54.4 Å². The van der Waals surface area contributed by atoms with E-state index in [0.717, 1.165) is 4.90 Å². The SMILES string of the molecule is CCOC(=O)c1cc(NC(=O)CN2C(=O)NC(CC)(c3ccccc3)C2=O)cc(C(=O)OCC)c1. The maximum Gasteiger partial charge on any atom is 0.338 e. The van der Waals surface area contributed by atoms with Crippen molar-refractivity contribution >= 4 is 35.5 Å². The third-order valence-corrected chi connectivity index (χ3v) is 5.51. The summed E-state index contributed by atoms with van der Waals surface area (Å²) in [7, 11) is 0. The highest BCUT2D eigenvalue weighted by molar-refractivity contribution is 6.10. The van der Waals surface area contributed by atoms with E-state index in [-0.39, 0.29) is 30.0 Å². The highest BCUT2D eigenvalue weighted by Crippen LogP contribution is 2.32. The van der Waals surface area contributed by atoms with Crippen LogP contribution >= 0.6 is 0 Å². The van der Waals surface area contributed by atoms with E-state index in [4.69, 9.17) is 9.47 Å². The van der Waals surface area contributed by atoms with Gasteiger partial charge < -0.3 is 20.1 Å². The first kappa shape index (κ1) is 25.4. The van der Waals surface area contributed by atoms with Gasteiger partial charge in [0.1, 0.15) is 12.1 Å². The van der Waals surface area contributed by atoms with Crippen LogP contribution in [0, 0.1) is 0 Å². The third-order valence-electron chi connectivity index (χ3n) is 5.51. The minimum atomic E-state index is -1.26. The van der Waals surface area contributed by atoms with E-state index in [9.17, 15) is 24.0 Å². The van der Waals surface area contributed by atoms with Crippen LogP contribution in [0.15, 0.2) is 48.5 Å². The molecule has 0 spiro atoms. The van der Waals surface area contributed by atoms with Crippen molar-refractivity contribution < 1.29 is 33.4 Å². The van der Waals surface area contributed by atoms with Crippen molar-refractivity contribution in [3.8, 4) is 0 Å². The van der Waals surface area contributed by atoms with Gasteiger partial charge in [-0.25, -0.2) is 14.4 Å². The Balaban J connectivity index is 1.82. The van der Waals surface area contributed by atoms with Crippen LogP contribution in [0.1, 0.15) is 53.5 Å². The first-order valence-corrected chi connectivity index (χ1v) is 11.2. The summed E-state index contributed by atoms with van der Waals surface area (Å²) in [6.07, 6.45) is 0.296. The molecular formula is C25H27N3O7. The van der Waals surface area contributed by atoms with Crippen molar-refractivity contribution in [2.75, 3.05) is 25.1 Å². The Morgan fingerprint density at radius 3 is 2.00 bits per heavy atom. The van der Waals surface area contributed by atoms with Crippen LogP contribution in [0.5, 0.6) is 0 Å². The second kappa shape index (κ2) is 10.8. The lowest BCUT2D eigenvalue weighted by Crippen LogP contribution is -2.44. The molecule has 2 aromatic carbocycles. The standard InChI is InChI=1S/C25H27N3O7/c1-4-25(18-10-8-7-9-11-18)23(32)28(24(33)27-25)15-20(29)26-19-13-16(21(30)34-5-2)12-17(14-19)22(31)35-6-3/h7-14H,4-6,15H2,1-3H3,(H,26,29)(H,27,33). The number of imide groups is 1. The molecule has 2 N–H and O–H groups in total. The predicted molar refractivity (Wildman–Crippen MR) is 126 cm³/mol.